The fourth-order valence-electron chi connectivity index (χ4n) is 2.67. The highest BCUT2D eigenvalue weighted by Crippen LogP contribution is 2.30. The Kier molecular flexibility index (Phi) is 6.92. The molecular formula is C19H24ClNO4S. The topological polar surface area (TPSA) is 64.6 Å². The van der Waals surface area contributed by atoms with Gasteiger partial charge in [-0.1, -0.05) is 37.6 Å². The van der Waals surface area contributed by atoms with Crippen molar-refractivity contribution in [1.29, 1.82) is 0 Å². The second-order valence-corrected chi connectivity index (χ2v) is 8.49. The summed E-state index contributed by atoms with van der Waals surface area (Å²) in [5.41, 5.74) is 0.865. The minimum Gasteiger partial charge on any atom is -0.497 e. The van der Waals surface area contributed by atoms with E-state index in [0.29, 0.717) is 17.4 Å². The Bertz CT molecular complexity index is 835. The molecule has 0 amide bonds. The van der Waals surface area contributed by atoms with Crippen LogP contribution >= 0.6 is 11.6 Å². The van der Waals surface area contributed by atoms with E-state index in [-0.39, 0.29) is 16.7 Å². The molecule has 0 unspecified atom stereocenters. The number of rotatable bonds is 8. The second-order valence-electron chi connectivity index (χ2n) is 6.37. The molecule has 2 rings (SSSR count). The van der Waals surface area contributed by atoms with Gasteiger partial charge in [0.2, 0.25) is 10.0 Å². The van der Waals surface area contributed by atoms with Crippen molar-refractivity contribution in [2.75, 3.05) is 14.2 Å². The maximum absolute atomic E-state index is 13.0. The van der Waals surface area contributed by atoms with E-state index in [2.05, 4.69) is 4.72 Å². The third-order valence-electron chi connectivity index (χ3n) is 3.94. The SMILES string of the molecule is COc1ccc([C@H](CC(C)C)NS(=O)(=O)c2cc(Cl)ccc2OC)cc1. The lowest BCUT2D eigenvalue weighted by Crippen LogP contribution is -2.30. The Hall–Kier alpha value is -1.76. The molecule has 0 aliphatic carbocycles. The third-order valence-corrected chi connectivity index (χ3v) is 5.67. The van der Waals surface area contributed by atoms with Crippen LogP contribution in [0, 0.1) is 5.92 Å². The summed E-state index contributed by atoms with van der Waals surface area (Å²) in [6.07, 6.45) is 0.647. The van der Waals surface area contributed by atoms with E-state index in [4.69, 9.17) is 21.1 Å². The predicted molar refractivity (Wildman–Crippen MR) is 104 cm³/mol. The molecule has 5 nitrogen and oxygen atoms in total. The molecule has 0 fully saturated rings. The van der Waals surface area contributed by atoms with Crippen molar-refractivity contribution < 1.29 is 17.9 Å². The quantitative estimate of drug-likeness (QED) is 0.715. The predicted octanol–water partition coefficient (Wildman–Crippen LogP) is 4.42. The average Bonchev–Trinajstić information content (AvgIpc) is 2.60. The molecule has 0 aromatic heterocycles. The van der Waals surface area contributed by atoms with Gasteiger partial charge in [0.05, 0.1) is 14.2 Å². The summed E-state index contributed by atoms with van der Waals surface area (Å²) < 4.78 is 39.1. The third kappa shape index (κ3) is 5.13. The zero-order chi connectivity index (χ0) is 19.3. The van der Waals surface area contributed by atoms with Crippen molar-refractivity contribution in [3.05, 3.63) is 53.1 Å². The van der Waals surface area contributed by atoms with Crippen molar-refractivity contribution in [3.63, 3.8) is 0 Å². The zero-order valence-corrected chi connectivity index (χ0v) is 16.9. The molecule has 7 heteroatoms. The van der Waals surface area contributed by atoms with Gasteiger partial charge >= 0.3 is 0 Å². The number of benzene rings is 2. The van der Waals surface area contributed by atoms with E-state index < -0.39 is 10.0 Å². The average molecular weight is 398 g/mol. The van der Waals surface area contributed by atoms with Crippen molar-refractivity contribution in [1.82, 2.24) is 4.72 Å². The molecule has 1 N–H and O–H groups in total. The van der Waals surface area contributed by atoms with Crippen LogP contribution in [-0.4, -0.2) is 22.6 Å². The first-order chi connectivity index (χ1) is 12.3. The van der Waals surface area contributed by atoms with Gasteiger partial charge in [-0.2, -0.15) is 0 Å². The van der Waals surface area contributed by atoms with Gasteiger partial charge in [-0.25, -0.2) is 13.1 Å². The lowest BCUT2D eigenvalue weighted by atomic mass is 9.98. The number of nitrogens with one attached hydrogen (secondary N) is 1. The molecule has 0 aliphatic heterocycles. The van der Waals surface area contributed by atoms with Crippen molar-refractivity contribution >= 4 is 21.6 Å². The van der Waals surface area contributed by atoms with Gasteiger partial charge in [-0.3, -0.25) is 0 Å². The Morgan fingerprint density at radius 1 is 1.04 bits per heavy atom. The summed E-state index contributed by atoms with van der Waals surface area (Å²) in [5, 5.41) is 0.330. The summed E-state index contributed by atoms with van der Waals surface area (Å²) in [7, 11) is -0.805. The fourth-order valence-corrected chi connectivity index (χ4v) is 4.34. The van der Waals surface area contributed by atoms with E-state index in [1.165, 1.54) is 13.2 Å². The lowest BCUT2D eigenvalue weighted by molar-refractivity contribution is 0.401. The highest BCUT2D eigenvalue weighted by Gasteiger charge is 2.25. The van der Waals surface area contributed by atoms with Gasteiger partial charge in [-0.15, -0.1) is 0 Å². The number of hydrogen-bond acceptors (Lipinski definition) is 4. The highest BCUT2D eigenvalue weighted by atomic mass is 35.5. The van der Waals surface area contributed by atoms with Crippen LogP contribution < -0.4 is 14.2 Å². The molecule has 0 heterocycles. The standard InChI is InChI=1S/C19H24ClNO4S/c1-13(2)11-17(14-5-8-16(24-3)9-6-14)21-26(22,23)19-12-15(20)7-10-18(19)25-4/h5-10,12-13,17,21H,11H2,1-4H3/t17-/m0/s1. The fraction of sp³-hybridized carbons (Fsp3) is 0.368. The van der Waals surface area contributed by atoms with Crippen LogP contribution in [0.1, 0.15) is 31.9 Å². The van der Waals surface area contributed by atoms with Crippen LogP contribution in [0.3, 0.4) is 0 Å². The monoisotopic (exact) mass is 397 g/mol. The maximum atomic E-state index is 13.0. The molecule has 0 saturated heterocycles. The molecule has 1 atom stereocenters. The summed E-state index contributed by atoms with van der Waals surface area (Å²) >= 11 is 5.99. The summed E-state index contributed by atoms with van der Waals surface area (Å²) in [6.45, 7) is 4.09. The largest absolute Gasteiger partial charge is 0.497 e. The Morgan fingerprint density at radius 2 is 1.69 bits per heavy atom. The van der Waals surface area contributed by atoms with E-state index in [9.17, 15) is 8.42 Å². The van der Waals surface area contributed by atoms with Gasteiger partial charge in [0, 0.05) is 11.1 Å². The van der Waals surface area contributed by atoms with Gasteiger partial charge in [0.25, 0.3) is 0 Å². The smallest absolute Gasteiger partial charge is 0.244 e. The first-order valence-corrected chi connectivity index (χ1v) is 10.1. The Morgan fingerprint density at radius 3 is 2.23 bits per heavy atom. The molecule has 26 heavy (non-hydrogen) atoms. The van der Waals surface area contributed by atoms with Crippen LogP contribution in [0.4, 0.5) is 0 Å². The first kappa shape index (κ1) is 20.6. The lowest BCUT2D eigenvalue weighted by Gasteiger charge is -2.22. The Labute approximate surface area is 160 Å². The Balaban J connectivity index is 2.39. The molecule has 0 bridgehead atoms. The van der Waals surface area contributed by atoms with Crippen molar-refractivity contribution in [2.45, 2.75) is 31.2 Å². The number of halogens is 1. The minimum atomic E-state index is -3.82. The van der Waals surface area contributed by atoms with E-state index in [1.807, 2.05) is 38.1 Å². The number of hydrogen-bond donors (Lipinski definition) is 1. The molecule has 142 valence electrons. The summed E-state index contributed by atoms with van der Waals surface area (Å²) in [6, 6.07) is 11.5. The van der Waals surface area contributed by atoms with Crippen LogP contribution in [0.25, 0.3) is 0 Å². The van der Waals surface area contributed by atoms with Crippen LogP contribution in [-0.2, 0) is 10.0 Å². The van der Waals surface area contributed by atoms with Gasteiger partial charge < -0.3 is 9.47 Å². The highest BCUT2D eigenvalue weighted by molar-refractivity contribution is 7.89. The van der Waals surface area contributed by atoms with Crippen molar-refractivity contribution in [2.24, 2.45) is 5.92 Å². The normalized spacial score (nSPS) is 12.8. The van der Waals surface area contributed by atoms with Gasteiger partial charge in [-0.05, 0) is 48.2 Å². The number of methoxy groups -OCH3 is 2. The van der Waals surface area contributed by atoms with Crippen LogP contribution in [0.2, 0.25) is 5.02 Å². The molecule has 0 radical (unpaired) electrons. The van der Waals surface area contributed by atoms with E-state index >= 15 is 0 Å². The van der Waals surface area contributed by atoms with Crippen LogP contribution in [0.15, 0.2) is 47.4 Å². The first-order valence-electron chi connectivity index (χ1n) is 8.26. The van der Waals surface area contributed by atoms with Gasteiger partial charge in [0.15, 0.2) is 0 Å². The number of ether oxygens (including phenoxy) is 2. The molecular weight excluding hydrogens is 374 g/mol. The summed E-state index contributed by atoms with van der Waals surface area (Å²) in [4.78, 5) is 0.0229. The van der Waals surface area contributed by atoms with Gasteiger partial charge in [0.1, 0.15) is 16.4 Å². The molecule has 0 aliphatic rings. The molecule has 2 aromatic rings. The minimum absolute atomic E-state index is 0.0229. The maximum Gasteiger partial charge on any atom is 0.244 e. The van der Waals surface area contributed by atoms with E-state index in [1.54, 1.807) is 19.2 Å². The molecule has 0 spiro atoms. The number of sulfonamides is 1. The zero-order valence-electron chi connectivity index (χ0n) is 15.3. The molecule has 0 saturated carbocycles. The molecule has 2 aromatic carbocycles. The van der Waals surface area contributed by atoms with Crippen LogP contribution in [0.5, 0.6) is 11.5 Å². The second kappa shape index (κ2) is 8.75. The van der Waals surface area contributed by atoms with Crippen molar-refractivity contribution in [3.8, 4) is 11.5 Å². The summed E-state index contributed by atoms with van der Waals surface area (Å²) in [5.74, 6) is 1.27. The van der Waals surface area contributed by atoms with E-state index in [0.717, 1.165) is 11.3 Å².